The number of carbonyl (C=O) groups excluding carboxylic acids is 2. The molecule has 34 heavy (non-hydrogen) atoms. The second-order valence-corrected chi connectivity index (χ2v) is 10.5. The van der Waals surface area contributed by atoms with Crippen LogP contribution in [0.25, 0.3) is 6.08 Å². The van der Waals surface area contributed by atoms with Crippen LogP contribution in [0, 0.1) is 5.92 Å². The Morgan fingerprint density at radius 3 is 2.71 bits per heavy atom. The number of nitrogens with zero attached hydrogens (tertiary/aromatic N) is 1. The normalized spacial score (nSPS) is 23.5. The molecule has 0 radical (unpaired) electrons. The minimum atomic E-state index is -0.0634. The van der Waals surface area contributed by atoms with E-state index in [1.165, 1.54) is 5.56 Å². The number of hydrogen-bond acceptors (Lipinski definition) is 4. The van der Waals surface area contributed by atoms with E-state index in [1.807, 2.05) is 73.5 Å². The molecule has 2 aromatic rings. The summed E-state index contributed by atoms with van der Waals surface area (Å²) in [6.07, 6.45) is 5.12. The average molecular weight is 499 g/mol. The molecule has 0 spiro atoms. The van der Waals surface area contributed by atoms with Gasteiger partial charge in [-0.2, -0.15) is 0 Å². The monoisotopic (exact) mass is 498 g/mol. The van der Waals surface area contributed by atoms with Crippen LogP contribution in [0.2, 0.25) is 5.02 Å². The maximum atomic E-state index is 13.1. The van der Waals surface area contributed by atoms with Crippen LogP contribution in [-0.2, 0) is 16.0 Å². The van der Waals surface area contributed by atoms with Gasteiger partial charge >= 0.3 is 0 Å². The van der Waals surface area contributed by atoms with Crippen molar-refractivity contribution in [2.45, 2.75) is 43.9 Å². The van der Waals surface area contributed by atoms with E-state index in [0.29, 0.717) is 29.8 Å². The van der Waals surface area contributed by atoms with Crippen molar-refractivity contribution < 1.29 is 14.3 Å². The molecule has 2 fully saturated rings. The molecular weight excluding hydrogens is 468 g/mol. The van der Waals surface area contributed by atoms with Crippen LogP contribution in [0.5, 0.6) is 5.75 Å². The van der Waals surface area contributed by atoms with Crippen LogP contribution in [0.4, 0.5) is 0 Å². The molecular formula is C27H31ClN2O3S. The summed E-state index contributed by atoms with van der Waals surface area (Å²) in [5.74, 6) is 0.892. The zero-order chi connectivity index (χ0) is 24.1. The van der Waals surface area contributed by atoms with E-state index in [4.69, 9.17) is 16.3 Å². The number of thioether (sulfide) groups is 1. The van der Waals surface area contributed by atoms with Crippen molar-refractivity contribution in [2.75, 3.05) is 20.2 Å². The third-order valence-electron chi connectivity index (χ3n) is 6.57. The van der Waals surface area contributed by atoms with Crippen molar-refractivity contribution in [3.8, 4) is 5.75 Å². The Morgan fingerprint density at radius 2 is 1.97 bits per heavy atom. The largest absolute Gasteiger partial charge is 0.494 e. The van der Waals surface area contributed by atoms with E-state index in [0.717, 1.165) is 35.5 Å². The van der Waals surface area contributed by atoms with Gasteiger partial charge < -0.3 is 15.0 Å². The molecule has 0 bridgehead atoms. The zero-order valence-corrected chi connectivity index (χ0v) is 21.2. The number of nitrogens with one attached hydrogen (secondary N) is 1. The van der Waals surface area contributed by atoms with E-state index < -0.39 is 0 Å². The van der Waals surface area contributed by atoms with E-state index in [9.17, 15) is 9.59 Å². The summed E-state index contributed by atoms with van der Waals surface area (Å²) in [5.41, 5.74) is 2.02. The molecule has 1 aliphatic carbocycles. The highest BCUT2D eigenvalue weighted by atomic mass is 35.5. The fourth-order valence-corrected chi connectivity index (χ4v) is 6.32. The zero-order valence-electron chi connectivity index (χ0n) is 19.6. The van der Waals surface area contributed by atoms with Gasteiger partial charge in [-0.25, -0.2) is 0 Å². The van der Waals surface area contributed by atoms with Gasteiger partial charge in [-0.15, -0.1) is 11.8 Å². The maximum absolute atomic E-state index is 13.1. The second kappa shape index (κ2) is 11.3. The molecule has 0 aromatic heterocycles. The first-order chi connectivity index (χ1) is 16.5. The predicted octanol–water partition coefficient (Wildman–Crippen LogP) is 5.18. The van der Waals surface area contributed by atoms with Gasteiger partial charge in [0.15, 0.2) is 0 Å². The van der Waals surface area contributed by atoms with Crippen molar-refractivity contribution >= 4 is 41.3 Å². The van der Waals surface area contributed by atoms with E-state index in [2.05, 4.69) is 5.32 Å². The van der Waals surface area contributed by atoms with Gasteiger partial charge in [0.2, 0.25) is 5.91 Å². The number of carbonyl (C=O) groups is 2. The van der Waals surface area contributed by atoms with Gasteiger partial charge in [-0.1, -0.05) is 41.9 Å². The number of hydrogen-bond donors (Lipinski definition) is 1. The Kier molecular flexibility index (Phi) is 8.22. The minimum absolute atomic E-state index is 0.00253. The SMILES string of the molecule is CCOc1ccc(CCNC(=O)C2CCC3S/C(=C/c4ccccc4Cl)C(=O)N(C)C3C2)cc1. The Hall–Kier alpha value is -2.44. The van der Waals surface area contributed by atoms with Crippen molar-refractivity contribution in [2.24, 2.45) is 5.92 Å². The highest BCUT2D eigenvalue weighted by molar-refractivity contribution is 8.04. The molecule has 7 heteroatoms. The number of amides is 2. The third kappa shape index (κ3) is 5.78. The summed E-state index contributed by atoms with van der Waals surface area (Å²) in [6, 6.07) is 15.6. The lowest BCUT2D eigenvalue weighted by molar-refractivity contribution is -0.131. The van der Waals surface area contributed by atoms with Gasteiger partial charge in [0.05, 0.1) is 11.5 Å². The molecule has 1 N–H and O–H groups in total. The quantitative estimate of drug-likeness (QED) is 0.534. The van der Waals surface area contributed by atoms with Crippen molar-refractivity contribution in [3.63, 3.8) is 0 Å². The number of fused-ring (bicyclic) bond motifs is 1. The van der Waals surface area contributed by atoms with Gasteiger partial charge in [0, 0.05) is 35.8 Å². The van der Waals surface area contributed by atoms with Gasteiger partial charge in [-0.3, -0.25) is 9.59 Å². The van der Waals surface area contributed by atoms with Crippen LogP contribution in [0.1, 0.15) is 37.3 Å². The van der Waals surface area contributed by atoms with E-state index >= 15 is 0 Å². The summed E-state index contributed by atoms with van der Waals surface area (Å²) >= 11 is 7.92. The Morgan fingerprint density at radius 1 is 1.21 bits per heavy atom. The van der Waals surface area contributed by atoms with Gasteiger partial charge in [-0.05, 0) is 68.0 Å². The molecule has 2 aromatic carbocycles. The molecule has 1 aliphatic heterocycles. The number of benzene rings is 2. The molecule has 3 unspecified atom stereocenters. The molecule has 4 rings (SSSR count). The lowest BCUT2D eigenvalue weighted by Gasteiger charge is -2.44. The first kappa shape index (κ1) is 24.7. The fraction of sp³-hybridized carbons (Fsp3) is 0.407. The molecule has 5 nitrogen and oxygen atoms in total. The number of ether oxygens (including phenoxy) is 1. The van der Waals surface area contributed by atoms with Crippen molar-refractivity contribution in [1.82, 2.24) is 10.2 Å². The van der Waals surface area contributed by atoms with Crippen molar-refractivity contribution in [1.29, 1.82) is 0 Å². The van der Waals surface area contributed by atoms with Gasteiger partial charge in [0.1, 0.15) is 5.75 Å². The summed E-state index contributed by atoms with van der Waals surface area (Å²) in [4.78, 5) is 28.5. The summed E-state index contributed by atoms with van der Waals surface area (Å²) in [7, 11) is 1.85. The Labute approximate surface area is 210 Å². The summed E-state index contributed by atoms with van der Waals surface area (Å²) in [6.45, 7) is 3.22. The average Bonchev–Trinajstić information content (AvgIpc) is 2.84. The van der Waals surface area contributed by atoms with Crippen LogP contribution in [0.3, 0.4) is 0 Å². The lowest BCUT2D eigenvalue weighted by atomic mass is 9.83. The molecule has 2 aliphatic rings. The Bertz CT molecular complexity index is 1060. The summed E-state index contributed by atoms with van der Waals surface area (Å²) in [5, 5.41) is 4.04. The van der Waals surface area contributed by atoms with Crippen LogP contribution in [-0.4, -0.2) is 48.2 Å². The highest BCUT2D eigenvalue weighted by Gasteiger charge is 2.42. The number of halogens is 1. The molecule has 180 valence electrons. The molecule has 1 heterocycles. The Balaban J connectivity index is 1.31. The molecule has 2 amide bonds. The maximum Gasteiger partial charge on any atom is 0.260 e. The van der Waals surface area contributed by atoms with Crippen LogP contribution in [0.15, 0.2) is 53.4 Å². The molecule has 1 saturated heterocycles. The van der Waals surface area contributed by atoms with Gasteiger partial charge in [0.25, 0.3) is 5.91 Å². The fourth-order valence-electron chi connectivity index (χ4n) is 4.66. The smallest absolute Gasteiger partial charge is 0.260 e. The molecule has 1 saturated carbocycles. The first-order valence-electron chi connectivity index (χ1n) is 11.9. The standard InChI is InChI=1S/C27H31ClN2O3S/c1-3-33-21-11-8-18(9-12-21)14-15-29-26(31)20-10-13-24-23(16-20)30(2)27(32)25(34-24)17-19-6-4-5-7-22(19)28/h4-9,11-12,17,20,23-24H,3,10,13-16H2,1-2H3,(H,29,31)/b25-17+. The van der Waals surface area contributed by atoms with E-state index in [-0.39, 0.29) is 23.8 Å². The number of rotatable bonds is 7. The second-order valence-electron chi connectivity index (χ2n) is 8.80. The van der Waals surface area contributed by atoms with Crippen LogP contribution >= 0.6 is 23.4 Å². The first-order valence-corrected chi connectivity index (χ1v) is 13.1. The topological polar surface area (TPSA) is 58.6 Å². The predicted molar refractivity (Wildman–Crippen MR) is 139 cm³/mol. The highest BCUT2D eigenvalue weighted by Crippen LogP contribution is 2.43. The minimum Gasteiger partial charge on any atom is -0.494 e. The number of likely N-dealkylation sites (N-methyl/N-ethyl adjacent to an activating group) is 1. The van der Waals surface area contributed by atoms with Crippen LogP contribution < -0.4 is 10.1 Å². The summed E-state index contributed by atoms with van der Waals surface area (Å²) < 4.78 is 5.48. The van der Waals surface area contributed by atoms with Crippen molar-refractivity contribution in [3.05, 3.63) is 69.6 Å². The van der Waals surface area contributed by atoms with E-state index in [1.54, 1.807) is 11.8 Å². The third-order valence-corrected chi connectivity index (χ3v) is 8.31. The molecule has 3 atom stereocenters. The lowest BCUT2D eigenvalue weighted by Crippen LogP contribution is -2.52.